The average Bonchev–Trinajstić information content (AvgIpc) is 3.08. The highest BCUT2D eigenvalue weighted by atomic mass is 19.1. The molecule has 0 bridgehead atoms. The van der Waals surface area contributed by atoms with Gasteiger partial charge in [0, 0.05) is 39.2 Å². The maximum atomic E-state index is 13.1. The van der Waals surface area contributed by atoms with Crippen LogP contribution in [-0.2, 0) is 6.61 Å². The number of aromatic nitrogens is 2. The van der Waals surface area contributed by atoms with Gasteiger partial charge in [-0.15, -0.1) is 0 Å². The third kappa shape index (κ3) is 4.26. The molecule has 2 heterocycles. The Labute approximate surface area is 145 Å². The van der Waals surface area contributed by atoms with Gasteiger partial charge in [-0.2, -0.15) is 4.98 Å². The van der Waals surface area contributed by atoms with Gasteiger partial charge in [-0.1, -0.05) is 11.2 Å². The van der Waals surface area contributed by atoms with E-state index in [-0.39, 0.29) is 24.4 Å². The number of halogens is 1. The largest absolute Gasteiger partial charge is 0.485 e. The first-order valence-corrected chi connectivity index (χ1v) is 8.20. The Balaban J connectivity index is 1.53. The summed E-state index contributed by atoms with van der Waals surface area (Å²) >= 11 is 0. The molecule has 0 atom stereocenters. The summed E-state index contributed by atoms with van der Waals surface area (Å²) in [4.78, 5) is 19.7. The number of benzene rings is 1. The summed E-state index contributed by atoms with van der Waals surface area (Å²) in [6.45, 7) is 1.45. The highest BCUT2D eigenvalue weighted by Crippen LogP contribution is 2.27. The standard InChI is InChI=1S/C17H21FN4O3/c1-21(2)17(23)22-8-6-12(7-9-22)16-19-15(20-25-16)11-24-14-5-3-4-13(18)10-14/h3-5,10,12H,6-9,11H2,1-2H3. The van der Waals surface area contributed by atoms with Crippen molar-refractivity contribution in [1.82, 2.24) is 19.9 Å². The van der Waals surface area contributed by atoms with Crippen LogP contribution < -0.4 is 4.74 Å². The number of amides is 2. The second-order valence-electron chi connectivity index (χ2n) is 6.23. The van der Waals surface area contributed by atoms with Gasteiger partial charge in [0.2, 0.25) is 11.7 Å². The molecule has 3 rings (SSSR count). The predicted molar refractivity (Wildman–Crippen MR) is 87.7 cm³/mol. The molecule has 134 valence electrons. The number of hydrogen-bond acceptors (Lipinski definition) is 5. The quantitative estimate of drug-likeness (QED) is 0.849. The van der Waals surface area contributed by atoms with Gasteiger partial charge in [-0.05, 0) is 25.0 Å². The van der Waals surface area contributed by atoms with Gasteiger partial charge in [0.1, 0.15) is 11.6 Å². The third-order valence-electron chi connectivity index (χ3n) is 4.15. The van der Waals surface area contributed by atoms with Crippen LogP contribution in [0, 0.1) is 5.82 Å². The van der Waals surface area contributed by atoms with E-state index in [4.69, 9.17) is 9.26 Å². The topological polar surface area (TPSA) is 71.7 Å². The molecule has 0 aliphatic carbocycles. The molecule has 1 aromatic heterocycles. The number of hydrogen-bond donors (Lipinski definition) is 0. The molecular formula is C17H21FN4O3. The number of urea groups is 1. The summed E-state index contributed by atoms with van der Waals surface area (Å²) in [6, 6.07) is 5.93. The number of piperidine rings is 1. The maximum absolute atomic E-state index is 13.1. The zero-order chi connectivity index (χ0) is 17.8. The Kier molecular flexibility index (Phi) is 5.16. The molecule has 0 spiro atoms. The molecule has 25 heavy (non-hydrogen) atoms. The van der Waals surface area contributed by atoms with E-state index < -0.39 is 0 Å². The van der Waals surface area contributed by atoms with Crippen LogP contribution in [0.25, 0.3) is 0 Å². The Bertz CT molecular complexity index is 726. The molecule has 1 saturated heterocycles. The fraction of sp³-hybridized carbons (Fsp3) is 0.471. The number of nitrogens with zero attached hydrogens (tertiary/aromatic N) is 4. The van der Waals surface area contributed by atoms with Gasteiger partial charge in [0.05, 0.1) is 0 Å². The lowest BCUT2D eigenvalue weighted by atomic mass is 9.97. The van der Waals surface area contributed by atoms with E-state index in [9.17, 15) is 9.18 Å². The monoisotopic (exact) mass is 348 g/mol. The smallest absolute Gasteiger partial charge is 0.319 e. The van der Waals surface area contributed by atoms with Crippen LogP contribution in [0.4, 0.5) is 9.18 Å². The van der Waals surface area contributed by atoms with Crippen molar-refractivity contribution in [1.29, 1.82) is 0 Å². The third-order valence-corrected chi connectivity index (χ3v) is 4.15. The van der Waals surface area contributed by atoms with Crippen molar-refractivity contribution in [2.75, 3.05) is 27.2 Å². The van der Waals surface area contributed by atoms with Crippen molar-refractivity contribution < 1.29 is 18.4 Å². The van der Waals surface area contributed by atoms with Crippen LogP contribution in [0.5, 0.6) is 5.75 Å². The van der Waals surface area contributed by atoms with Crippen LogP contribution in [0.3, 0.4) is 0 Å². The molecule has 0 N–H and O–H groups in total. The summed E-state index contributed by atoms with van der Waals surface area (Å²) in [6.07, 6.45) is 1.57. The summed E-state index contributed by atoms with van der Waals surface area (Å²) in [5.74, 6) is 1.19. The fourth-order valence-corrected chi connectivity index (χ4v) is 2.80. The minimum absolute atomic E-state index is 0.0214. The van der Waals surface area contributed by atoms with Crippen LogP contribution in [0.2, 0.25) is 0 Å². The molecule has 1 aromatic carbocycles. The minimum atomic E-state index is -0.356. The second-order valence-corrected chi connectivity index (χ2v) is 6.23. The number of rotatable bonds is 4. The maximum Gasteiger partial charge on any atom is 0.319 e. The van der Waals surface area contributed by atoms with E-state index in [0.717, 1.165) is 12.8 Å². The first-order chi connectivity index (χ1) is 12.0. The molecule has 2 aromatic rings. The lowest BCUT2D eigenvalue weighted by molar-refractivity contribution is 0.152. The van der Waals surface area contributed by atoms with E-state index in [1.807, 2.05) is 4.90 Å². The molecule has 1 aliphatic heterocycles. The fourth-order valence-electron chi connectivity index (χ4n) is 2.80. The molecule has 8 heteroatoms. The van der Waals surface area contributed by atoms with Crippen LogP contribution in [-0.4, -0.2) is 53.2 Å². The molecule has 2 amide bonds. The molecular weight excluding hydrogens is 327 g/mol. The van der Waals surface area contributed by atoms with Gasteiger partial charge in [-0.25, -0.2) is 9.18 Å². The number of carbonyl (C=O) groups is 1. The lowest BCUT2D eigenvalue weighted by Crippen LogP contribution is -2.43. The van der Waals surface area contributed by atoms with E-state index in [1.54, 1.807) is 31.1 Å². The minimum Gasteiger partial charge on any atom is -0.485 e. The van der Waals surface area contributed by atoms with Gasteiger partial charge in [-0.3, -0.25) is 0 Å². The Morgan fingerprint density at radius 1 is 1.40 bits per heavy atom. The predicted octanol–water partition coefficient (Wildman–Crippen LogP) is 2.65. The van der Waals surface area contributed by atoms with Gasteiger partial charge in [0.25, 0.3) is 0 Å². The summed E-state index contributed by atoms with van der Waals surface area (Å²) in [5.41, 5.74) is 0. The summed E-state index contributed by atoms with van der Waals surface area (Å²) in [5, 5.41) is 3.92. The van der Waals surface area contributed by atoms with Crippen molar-refractivity contribution in [3.63, 3.8) is 0 Å². The Morgan fingerprint density at radius 3 is 2.84 bits per heavy atom. The lowest BCUT2D eigenvalue weighted by Gasteiger charge is -2.32. The SMILES string of the molecule is CN(C)C(=O)N1CCC(c2nc(COc3cccc(F)c3)no2)CC1. The Morgan fingerprint density at radius 2 is 2.16 bits per heavy atom. The molecule has 1 fully saturated rings. The van der Waals surface area contributed by atoms with Crippen molar-refractivity contribution in [3.8, 4) is 5.75 Å². The zero-order valence-corrected chi connectivity index (χ0v) is 14.3. The molecule has 1 aliphatic rings. The Hall–Kier alpha value is -2.64. The second kappa shape index (κ2) is 7.50. The average molecular weight is 348 g/mol. The van der Waals surface area contributed by atoms with E-state index in [0.29, 0.717) is 30.6 Å². The normalized spacial score (nSPS) is 15.2. The summed E-state index contributed by atoms with van der Waals surface area (Å²) < 4.78 is 23.9. The zero-order valence-electron chi connectivity index (χ0n) is 14.3. The van der Waals surface area contributed by atoms with E-state index >= 15 is 0 Å². The van der Waals surface area contributed by atoms with Crippen LogP contribution >= 0.6 is 0 Å². The number of ether oxygens (including phenoxy) is 1. The highest BCUT2D eigenvalue weighted by molar-refractivity contribution is 5.73. The van der Waals surface area contributed by atoms with E-state index in [1.165, 1.54) is 12.1 Å². The van der Waals surface area contributed by atoms with Crippen molar-refractivity contribution in [2.45, 2.75) is 25.4 Å². The molecule has 7 nitrogen and oxygen atoms in total. The van der Waals surface area contributed by atoms with Crippen molar-refractivity contribution >= 4 is 6.03 Å². The number of likely N-dealkylation sites (tertiary alicyclic amines) is 1. The van der Waals surface area contributed by atoms with Crippen LogP contribution in [0.1, 0.15) is 30.5 Å². The van der Waals surface area contributed by atoms with Gasteiger partial charge >= 0.3 is 6.03 Å². The summed E-state index contributed by atoms with van der Waals surface area (Å²) in [7, 11) is 3.49. The van der Waals surface area contributed by atoms with Crippen molar-refractivity contribution in [3.05, 3.63) is 41.8 Å². The van der Waals surface area contributed by atoms with E-state index in [2.05, 4.69) is 10.1 Å². The van der Waals surface area contributed by atoms with Crippen LogP contribution in [0.15, 0.2) is 28.8 Å². The molecule has 0 unspecified atom stereocenters. The first-order valence-electron chi connectivity index (χ1n) is 8.20. The number of carbonyl (C=O) groups excluding carboxylic acids is 1. The van der Waals surface area contributed by atoms with Gasteiger partial charge in [0.15, 0.2) is 6.61 Å². The first kappa shape index (κ1) is 17.2. The van der Waals surface area contributed by atoms with Gasteiger partial charge < -0.3 is 19.1 Å². The molecule has 0 radical (unpaired) electrons. The highest BCUT2D eigenvalue weighted by Gasteiger charge is 2.28. The molecule has 0 saturated carbocycles. The van der Waals surface area contributed by atoms with Crippen molar-refractivity contribution in [2.24, 2.45) is 0 Å².